The molecule has 0 aromatic carbocycles. The molecule has 0 radical (unpaired) electrons. The highest BCUT2D eigenvalue weighted by Gasteiger charge is 2.22. The van der Waals surface area contributed by atoms with Crippen molar-refractivity contribution in [3.8, 4) is 0 Å². The van der Waals surface area contributed by atoms with E-state index in [9.17, 15) is 4.79 Å². The van der Waals surface area contributed by atoms with Crippen molar-refractivity contribution in [2.45, 2.75) is 19.8 Å². The number of amides is 1. The third-order valence-electron chi connectivity index (χ3n) is 2.53. The fourth-order valence-electron chi connectivity index (χ4n) is 1.61. The molecule has 0 aromatic heterocycles. The van der Waals surface area contributed by atoms with Crippen LogP contribution in [0.1, 0.15) is 19.8 Å². The predicted octanol–water partition coefficient (Wildman–Crippen LogP) is 1.02. The van der Waals surface area contributed by atoms with Gasteiger partial charge in [0.2, 0.25) is 5.91 Å². The van der Waals surface area contributed by atoms with Gasteiger partial charge in [0.05, 0.1) is 0 Å². The number of nitrogens with zero attached hydrogens (tertiary/aromatic N) is 1. The minimum atomic E-state index is 0.276. The fraction of sp³-hybridized carbons (Fsp3) is 0.727. The highest BCUT2D eigenvalue weighted by molar-refractivity contribution is 5.76. The zero-order valence-electron chi connectivity index (χ0n) is 8.96. The van der Waals surface area contributed by atoms with Crippen LogP contribution < -0.4 is 5.32 Å². The van der Waals surface area contributed by atoms with E-state index >= 15 is 0 Å². The number of carbonyl (C=O) groups is 1. The predicted molar refractivity (Wildman–Crippen MR) is 58.0 cm³/mol. The Balaban J connectivity index is 2.31. The summed E-state index contributed by atoms with van der Waals surface area (Å²) in [6.07, 6.45) is 3.51. The number of rotatable bonds is 6. The van der Waals surface area contributed by atoms with Crippen LogP contribution in [0.4, 0.5) is 0 Å². The van der Waals surface area contributed by atoms with Gasteiger partial charge < -0.3 is 10.2 Å². The Bertz CT molecular complexity index is 199. The van der Waals surface area contributed by atoms with Crippen LogP contribution in [0.15, 0.2) is 12.7 Å². The molecule has 3 heteroatoms. The maximum atomic E-state index is 11.8. The summed E-state index contributed by atoms with van der Waals surface area (Å²) >= 11 is 0. The van der Waals surface area contributed by atoms with E-state index in [0.717, 1.165) is 26.1 Å². The van der Waals surface area contributed by atoms with Crippen LogP contribution in [0.2, 0.25) is 0 Å². The van der Waals surface area contributed by atoms with Gasteiger partial charge in [0.25, 0.3) is 0 Å². The zero-order chi connectivity index (χ0) is 10.4. The molecule has 0 unspecified atom stereocenters. The summed E-state index contributed by atoms with van der Waals surface area (Å²) in [5, 5.41) is 3.18. The van der Waals surface area contributed by atoms with Gasteiger partial charge in [-0.15, -0.1) is 6.58 Å². The molecule has 0 atom stereocenters. The first kappa shape index (κ1) is 11.2. The lowest BCUT2D eigenvalue weighted by Gasteiger charge is -2.29. The molecule has 3 nitrogen and oxygen atoms in total. The van der Waals surface area contributed by atoms with Crippen molar-refractivity contribution in [1.82, 2.24) is 10.2 Å². The Kier molecular flexibility index (Phi) is 4.66. The van der Waals surface area contributed by atoms with E-state index in [2.05, 4.69) is 18.8 Å². The molecule has 80 valence electrons. The Morgan fingerprint density at radius 3 is 2.79 bits per heavy atom. The summed E-state index contributed by atoms with van der Waals surface area (Å²) in [4.78, 5) is 13.7. The number of nitrogens with one attached hydrogen (secondary N) is 1. The summed E-state index contributed by atoms with van der Waals surface area (Å²) in [5.74, 6) is 0.838. The molecule has 0 spiro atoms. The van der Waals surface area contributed by atoms with Gasteiger partial charge in [0.1, 0.15) is 0 Å². The zero-order valence-corrected chi connectivity index (χ0v) is 8.96. The Morgan fingerprint density at radius 1 is 1.64 bits per heavy atom. The summed E-state index contributed by atoms with van der Waals surface area (Å²) in [7, 11) is 0. The Hall–Kier alpha value is -0.830. The number of hydrogen-bond acceptors (Lipinski definition) is 2. The molecular weight excluding hydrogens is 176 g/mol. The van der Waals surface area contributed by atoms with Crippen LogP contribution in [0.3, 0.4) is 0 Å². The summed E-state index contributed by atoms with van der Waals surface area (Å²) in [6, 6.07) is 0. The minimum Gasteiger partial charge on any atom is -0.339 e. The van der Waals surface area contributed by atoms with Crippen LogP contribution in [0.5, 0.6) is 0 Å². The van der Waals surface area contributed by atoms with Crippen molar-refractivity contribution in [1.29, 1.82) is 0 Å². The second-order valence-electron chi connectivity index (χ2n) is 3.86. The first-order chi connectivity index (χ1) is 6.77. The standard InChI is InChI=1S/C11H20N2O/c1-3-5-13(6-4-2)11(14)7-10-8-12-9-10/h3,10,12H,1,4-9H2,2H3. The van der Waals surface area contributed by atoms with Gasteiger partial charge >= 0.3 is 0 Å². The van der Waals surface area contributed by atoms with Gasteiger partial charge in [-0.25, -0.2) is 0 Å². The Morgan fingerprint density at radius 2 is 2.36 bits per heavy atom. The second kappa shape index (κ2) is 5.81. The van der Waals surface area contributed by atoms with Crippen molar-refractivity contribution in [2.75, 3.05) is 26.2 Å². The van der Waals surface area contributed by atoms with Gasteiger partial charge in [-0.3, -0.25) is 4.79 Å². The second-order valence-corrected chi connectivity index (χ2v) is 3.86. The summed E-state index contributed by atoms with van der Waals surface area (Å²) < 4.78 is 0. The minimum absolute atomic E-state index is 0.276. The van der Waals surface area contributed by atoms with E-state index < -0.39 is 0 Å². The van der Waals surface area contributed by atoms with E-state index in [1.807, 2.05) is 4.90 Å². The van der Waals surface area contributed by atoms with E-state index in [0.29, 0.717) is 18.9 Å². The van der Waals surface area contributed by atoms with E-state index in [-0.39, 0.29) is 5.91 Å². The van der Waals surface area contributed by atoms with Crippen LogP contribution in [0, 0.1) is 5.92 Å². The van der Waals surface area contributed by atoms with E-state index in [4.69, 9.17) is 0 Å². The molecule has 1 aliphatic rings. The molecule has 0 bridgehead atoms. The van der Waals surface area contributed by atoms with Crippen molar-refractivity contribution < 1.29 is 4.79 Å². The maximum absolute atomic E-state index is 11.8. The van der Waals surface area contributed by atoms with Gasteiger partial charge in [-0.05, 0) is 25.4 Å². The fourth-order valence-corrected chi connectivity index (χ4v) is 1.61. The Labute approximate surface area is 86.2 Å². The van der Waals surface area contributed by atoms with Gasteiger partial charge in [0.15, 0.2) is 0 Å². The molecule has 0 saturated carbocycles. The highest BCUT2D eigenvalue weighted by atomic mass is 16.2. The molecule has 1 saturated heterocycles. The first-order valence-electron chi connectivity index (χ1n) is 5.37. The maximum Gasteiger partial charge on any atom is 0.223 e. The summed E-state index contributed by atoms with van der Waals surface area (Å²) in [5.41, 5.74) is 0. The van der Waals surface area contributed by atoms with Crippen LogP contribution in [-0.2, 0) is 4.79 Å². The third-order valence-corrected chi connectivity index (χ3v) is 2.53. The quantitative estimate of drug-likeness (QED) is 0.643. The van der Waals surface area contributed by atoms with Crippen molar-refractivity contribution in [2.24, 2.45) is 5.92 Å². The molecule has 1 rings (SSSR count). The topological polar surface area (TPSA) is 32.3 Å². The molecule has 0 aliphatic carbocycles. The first-order valence-corrected chi connectivity index (χ1v) is 5.37. The van der Waals surface area contributed by atoms with E-state index in [1.54, 1.807) is 6.08 Å². The lowest BCUT2D eigenvalue weighted by atomic mass is 9.98. The number of carbonyl (C=O) groups excluding carboxylic acids is 1. The lowest BCUT2D eigenvalue weighted by Crippen LogP contribution is -2.45. The largest absolute Gasteiger partial charge is 0.339 e. The molecule has 14 heavy (non-hydrogen) atoms. The van der Waals surface area contributed by atoms with Crippen LogP contribution in [0.25, 0.3) is 0 Å². The normalized spacial score (nSPS) is 16.1. The molecule has 1 amide bonds. The SMILES string of the molecule is C=CCN(CCC)C(=O)CC1CNC1. The molecule has 1 N–H and O–H groups in total. The van der Waals surface area contributed by atoms with Crippen molar-refractivity contribution in [3.05, 3.63) is 12.7 Å². The van der Waals surface area contributed by atoms with Gasteiger partial charge in [0, 0.05) is 19.5 Å². The molecule has 1 heterocycles. The average molecular weight is 196 g/mol. The smallest absolute Gasteiger partial charge is 0.223 e. The molecule has 1 fully saturated rings. The molecule has 1 aliphatic heterocycles. The highest BCUT2D eigenvalue weighted by Crippen LogP contribution is 2.10. The van der Waals surface area contributed by atoms with Gasteiger partial charge in [-0.1, -0.05) is 13.0 Å². The van der Waals surface area contributed by atoms with Crippen molar-refractivity contribution in [3.63, 3.8) is 0 Å². The van der Waals surface area contributed by atoms with Crippen LogP contribution >= 0.6 is 0 Å². The average Bonchev–Trinajstić information content (AvgIpc) is 2.11. The van der Waals surface area contributed by atoms with Crippen molar-refractivity contribution >= 4 is 5.91 Å². The monoisotopic (exact) mass is 196 g/mol. The summed E-state index contributed by atoms with van der Waals surface area (Å²) in [6.45, 7) is 9.30. The number of hydrogen-bond donors (Lipinski definition) is 1. The van der Waals surface area contributed by atoms with E-state index in [1.165, 1.54) is 0 Å². The van der Waals surface area contributed by atoms with Gasteiger partial charge in [-0.2, -0.15) is 0 Å². The van der Waals surface area contributed by atoms with Crippen LogP contribution in [-0.4, -0.2) is 37.0 Å². The third kappa shape index (κ3) is 3.14. The molecule has 0 aromatic rings. The lowest BCUT2D eigenvalue weighted by molar-refractivity contribution is -0.132. The molecular formula is C11H20N2O.